The summed E-state index contributed by atoms with van der Waals surface area (Å²) in [5.41, 5.74) is 0.955. The molecule has 4 heteroatoms. The number of hydrogen-bond acceptors (Lipinski definition) is 3. The largest absolute Gasteiger partial charge is 0.497 e. The smallest absolute Gasteiger partial charge is 0.121 e. The van der Waals surface area contributed by atoms with Crippen molar-refractivity contribution >= 4 is 17.3 Å². The van der Waals surface area contributed by atoms with Crippen LogP contribution < -0.4 is 15.4 Å². The van der Waals surface area contributed by atoms with Crippen LogP contribution in [-0.4, -0.2) is 26.7 Å². The Kier molecular flexibility index (Phi) is 4.51. The SMILES string of the molecule is COc1ccc(Cl)c(NCC2CCCNC2)c1. The van der Waals surface area contributed by atoms with Gasteiger partial charge in [0.05, 0.1) is 17.8 Å². The van der Waals surface area contributed by atoms with Crippen LogP contribution in [-0.2, 0) is 0 Å². The minimum atomic E-state index is 0.686. The van der Waals surface area contributed by atoms with Crippen molar-refractivity contribution in [2.24, 2.45) is 5.92 Å². The molecule has 3 nitrogen and oxygen atoms in total. The lowest BCUT2D eigenvalue weighted by Gasteiger charge is -2.23. The molecule has 1 heterocycles. The lowest BCUT2D eigenvalue weighted by Crippen LogP contribution is -2.33. The molecule has 1 aliphatic heterocycles. The van der Waals surface area contributed by atoms with Crippen molar-refractivity contribution < 1.29 is 4.74 Å². The number of rotatable bonds is 4. The van der Waals surface area contributed by atoms with E-state index in [1.807, 2.05) is 18.2 Å². The van der Waals surface area contributed by atoms with Gasteiger partial charge in [-0.25, -0.2) is 0 Å². The van der Waals surface area contributed by atoms with Gasteiger partial charge in [0.25, 0.3) is 0 Å². The molecule has 2 rings (SSSR count). The average Bonchev–Trinajstić information content (AvgIpc) is 2.39. The van der Waals surface area contributed by atoms with E-state index in [-0.39, 0.29) is 0 Å². The molecule has 1 fully saturated rings. The highest BCUT2D eigenvalue weighted by molar-refractivity contribution is 6.33. The Balaban J connectivity index is 1.92. The molecule has 0 saturated carbocycles. The van der Waals surface area contributed by atoms with Crippen LogP contribution in [0.1, 0.15) is 12.8 Å². The van der Waals surface area contributed by atoms with E-state index in [1.54, 1.807) is 7.11 Å². The van der Waals surface area contributed by atoms with Crippen LogP contribution in [0.15, 0.2) is 18.2 Å². The summed E-state index contributed by atoms with van der Waals surface area (Å²) in [5.74, 6) is 1.52. The summed E-state index contributed by atoms with van der Waals surface area (Å²) in [6, 6.07) is 5.68. The molecule has 1 saturated heterocycles. The summed E-state index contributed by atoms with van der Waals surface area (Å²) in [6.07, 6.45) is 2.54. The van der Waals surface area contributed by atoms with Gasteiger partial charge in [-0.2, -0.15) is 0 Å². The van der Waals surface area contributed by atoms with Crippen molar-refractivity contribution in [1.82, 2.24) is 5.32 Å². The Bertz CT molecular complexity index is 364. The first kappa shape index (κ1) is 12.5. The van der Waals surface area contributed by atoms with Gasteiger partial charge in [-0.1, -0.05) is 11.6 Å². The maximum atomic E-state index is 6.14. The van der Waals surface area contributed by atoms with E-state index in [1.165, 1.54) is 12.8 Å². The van der Waals surface area contributed by atoms with Crippen molar-refractivity contribution in [1.29, 1.82) is 0 Å². The number of hydrogen-bond donors (Lipinski definition) is 2. The Morgan fingerprint density at radius 3 is 3.12 bits per heavy atom. The molecule has 0 radical (unpaired) electrons. The molecule has 0 aliphatic carbocycles. The predicted molar refractivity (Wildman–Crippen MR) is 72.1 cm³/mol. The number of anilines is 1. The minimum Gasteiger partial charge on any atom is -0.497 e. The monoisotopic (exact) mass is 254 g/mol. The molecular weight excluding hydrogens is 236 g/mol. The van der Waals surface area contributed by atoms with Gasteiger partial charge in [-0.3, -0.25) is 0 Å². The quantitative estimate of drug-likeness (QED) is 0.867. The number of piperidine rings is 1. The fourth-order valence-electron chi connectivity index (χ4n) is 2.12. The molecule has 0 aromatic heterocycles. The molecule has 0 spiro atoms. The van der Waals surface area contributed by atoms with Crippen molar-refractivity contribution in [3.05, 3.63) is 23.2 Å². The van der Waals surface area contributed by atoms with Crippen LogP contribution in [0.4, 0.5) is 5.69 Å². The lowest BCUT2D eigenvalue weighted by atomic mass is 10.00. The van der Waals surface area contributed by atoms with E-state index in [9.17, 15) is 0 Å². The fourth-order valence-corrected chi connectivity index (χ4v) is 2.30. The second-order valence-electron chi connectivity index (χ2n) is 4.44. The summed E-state index contributed by atoms with van der Waals surface area (Å²) in [4.78, 5) is 0. The predicted octanol–water partition coefficient (Wildman–Crippen LogP) is 2.76. The number of nitrogens with one attached hydrogen (secondary N) is 2. The minimum absolute atomic E-state index is 0.686. The first-order valence-corrected chi connectivity index (χ1v) is 6.45. The van der Waals surface area contributed by atoms with Crippen LogP contribution in [0.25, 0.3) is 0 Å². The second-order valence-corrected chi connectivity index (χ2v) is 4.85. The van der Waals surface area contributed by atoms with Gasteiger partial charge in [0.15, 0.2) is 0 Å². The van der Waals surface area contributed by atoms with E-state index < -0.39 is 0 Å². The van der Waals surface area contributed by atoms with Gasteiger partial charge in [-0.15, -0.1) is 0 Å². The topological polar surface area (TPSA) is 33.3 Å². The summed E-state index contributed by atoms with van der Waals surface area (Å²) < 4.78 is 5.19. The maximum absolute atomic E-state index is 6.14. The van der Waals surface area contributed by atoms with E-state index in [4.69, 9.17) is 16.3 Å². The molecule has 0 amide bonds. The van der Waals surface area contributed by atoms with Gasteiger partial charge in [0, 0.05) is 12.6 Å². The Hall–Kier alpha value is -0.930. The van der Waals surface area contributed by atoms with Crippen LogP contribution in [0.2, 0.25) is 5.02 Å². The van der Waals surface area contributed by atoms with Crippen LogP contribution in [0.3, 0.4) is 0 Å². The first-order valence-electron chi connectivity index (χ1n) is 6.07. The number of halogens is 1. The summed E-state index contributed by atoms with van der Waals surface area (Å²) in [6.45, 7) is 3.20. The Morgan fingerprint density at radius 2 is 2.41 bits per heavy atom. The van der Waals surface area contributed by atoms with Crippen molar-refractivity contribution in [2.75, 3.05) is 32.1 Å². The standard InChI is InChI=1S/C13H19ClN2O/c1-17-11-4-5-12(14)13(7-11)16-9-10-3-2-6-15-8-10/h4-5,7,10,15-16H,2-3,6,8-9H2,1H3. The molecule has 1 aliphatic rings. The number of benzene rings is 1. The zero-order valence-corrected chi connectivity index (χ0v) is 10.9. The molecule has 1 unspecified atom stereocenters. The Morgan fingerprint density at radius 1 is 1.53 bits per heavy atom. The molecule has 17 heavy (non-hydrogen) atoms. The van der Waals surface area contributed by atoms with Crippen molar-refractivity contribution in [2.45, 2.75) is 12.8 Å². The fraction of sp³-hybridized carbons (Fsp3) is 0.538. The van der Waals surface area contributed by atoms with E-state index in [2.05, 4.69) is 10.6 Å². The van der Waals surface area contributed by atoms with Gasteiger partial charge >= 0.3 is 0 Å². The third kappa shape index (κ3) is 3.51. The summed E-state index contributed by atoms with van der Waals surface area (Å²) in [7, 11) is 1.66. The molecule has 1 aromatic rings. The normalized spacial score (nSPS) is 20.0. The molecule has 2 N–H and O–H groups in total. The first-order chi connectivity index (χ1) is 8.29. The van der Waals surface area contributed by atoms with Gasteiger partial charge < -0.3 is 15.4 Å². The summed E-state index contributed by atoms with van der Waals surface area (Å²) >= 11 is 6.14. The highest BCUT2D eigenvalue weighted by atomic mass is 35.5. The van der Waals surface area contributed by atoms with Crippen molar-refractivity contribution in [3.8, 4) is 5.75 Å². The van der Waals surface area contributed by atoms with E-state index in [0.29, 0.717) is 5.92 Å². The lowest BCUT2D eigenvalue weighted by molar-refractivity contribution is 0.392. The molecule has 0 bridgehead atoms. The average molecular weight is 255 g/mol. The van der Waals surface area contributed by atoms with Crippen LogP contribution >= 0.6 is 11.6 Å². The molecule has 94 valence electrons. The van der Waals surface area contributed by atoms with Crippen molar-refractivity contribution in [3.63, 3.8) is 0 Å². The Labute approximate surface area is 107 Å². The number of ether oxygens (including phenoxy) is 1. The zero-order valence-electron chi connectivity index (χ0n) is 10.1. The molecule has 1 aromatic carbocycles. The second kappa shape index (κ2) is 6.12. The van der Waals surface area contributed by atoms with Gasteiger partial charge in [0.2, 0.25) is 0 Å². The molecular formula is C13H19ClN2O. The number of methoxy groups -OCH3 is 1. The third-order valence-corrected chi connectivity index (χ3v) is 3.48. The van der Waals surface area contributed by atoms with Gasteiger partial charge in [0.1, 0.15) is 5.75 Å². The summed E-state index contributed by atoms with van der Waals surface area (Å²) in [5, 5.41) is 7.56. The van der Waals surface area contributed by atoms with Crippen LogP contribution in [0, 0.1) is 5.92 Å². The zero-order chi connectivity index (χ0) is 12.1. The molecule has 1 atom stereocenters. The van der Waals surface area contributed by atoms with Gasteiger partial charge in [-0.05, 0) is 44.0 Å². The highest BCUT2D eigenvalue weighted by Crippen LogP contribution is 2.27. The van der Waals surface area contributed by atoms with E-state index in [0.717, 1.165) is 36.1 Å². The maximum Gasteiger partial charge on any atom is 0.121 e. The van der Waals surface area contributed by atoms with Crippen LogP contribution in [0.5, 0.6) is 5.75 Å². The third-order valence-electron chi connectivity index (χ3n) is 3.15. The highest BCUT2D eigenvalue weighted by Gasteiger charge is 2.13. The van der Waals surface area contributed by atoms with E-state index >= 15 is 0 Å².